The lowest BCUT2D eigenvalue weighted by Crippen LogP contribution is -2.72. The number of nitrogen functional groups attached to an aromatic ring is 1. The number of alkyl carbamates (subject to hydrolysis) is 1. The summed E-state index contributed by atoms with van der Waals surface area (Å²) in [7, 11) is 0. The van der Waals surface area contributed by atoms with E-state index in [1.165, 1.54) is 4.90 Å². The molecule has 1 aromatic carbocycles. The van der Waals surface area contributed by atoms with Crippen LogP contribution in [-0.4, -0.2) is 114 Å². The van der Waals surface area contributed by atoms with Crippen LogP contribution in [0.15, 0.2) is 28.7 Å². The standard InChI is InChI=1S/C31H42N10O8S/c1-31(2,3)49-29(44)35-8-4-7-34-27(32)41-14-18-5-6-20(13-19(18)15-41)46-11-12-48-39-24(22-17-50-28(33)37-22)26(43)38-23-21(36-25(23)42)16-40-9-10-47-30(40)45/h5-6,13,17,21,23H,4,7-12,14-16H2,1-3H3,(H2,32,34)(H2,33,37)(H,35,44)(H,36,42)(H,38,43)/b39-24-/t21-,23+/m1/s1. The maximum absolute atomic E-state index is 13.2. The quantitative estimate of drug-likeness (QED) is 0.0522. The molecule has 0 saturated carbocycles. The molecule has 270 valence electrons. The molecule has 0 unspecified atom stereocenters. The number of aromatic nitrogens is 1. The number of anilines is 1. The van der Waals surface area contributed by atoms with Gasteiger partial charge in [0, 0.05) is 38.1 Å². The van der Waals surface area contributed by atoms with Gasteiger partial charge < -0.3 is 55.8 Å². The SMILES string of the molecule is CC(C)(C)OC(=O)NCCCNC(=N)N1Cc2ccc(OCCO/N=C(\C(=O)N[C@@H]3C(=O)N[C@@H]3CN3CCOC3=O)c3csc(N)n3)cc2C1. The van der Waals surface area contributed by atoms with E-state index in [0.29, 0.717) is 50.9 Å². The van der Waals surface area contributed by atoms with Crippen molar-refractivity contribution >= 4 is 52.1 Å². The van der Waals surface area contributed by atoms with Crippen LogP contribution in [0.3, 0.4) is 0 Å². The third-order valence-corrected chi connectivity index (χ3v) is 8.34. The maximum Gasteiger partial charge on any atom is 0.410 e. The van der Waals surface area contributed by atoms with E-state index < -0.39 is 41.7 Å². The summed E-state index contributed by atoms with van der Waals surface area (Å²) in [6.07, 6.45) is -0.304. The van der Waals surface area contributed by atoms with E-state index in [4.69, 9.17) is 30.2 Å². The average Bonchev–Trinajstić information content (AvgIpc) is 3.79. The van der Waals surface area contributed by atoms with Gasteiger partial charge in [0.05, 0.1) is 12.6 Å². The molecule has 0 aliphatic carbocycles. The van der Waals surface area contributed by atoms with Crippen molar-refractivity contribution < 1.29 is 38.2 Å². The minimum absolute atomic E-state index is 0.000566. The van der Waals surface area contributed by atoms with Gasteiger partial charge in [-0.25, -0.2) is 14.6 Å². The number of benzene rings is 1. The van der Waals surface area contributed by atoms with Crippen molar-refractivity contribution in [1.82, 2.24) is 36.1 Å². The topological polar surface area (TPSA) is 235 Å². The molecule has 1 aromatic heterocycles. The van der Waals surface area contributed by atoms with Crippen molar-refractivity contribution in [3.63, 3.8) is 0 Å². The smallest absolute Gasteiger partial charge is 0.410 e. The number of nitrogens with zero attached hydrogens (tertiary/aromatic N) is 4. The summed E-state index contributed by atoms with van der Waals surface area (Å²) < 4.78 is 16.0. The number of rotatable bonds is 14. The fraction of sp³-hybridized carbons (Fsp3) is 0.516. The van der Waals surface area contributed by atoms with Crippen LogP contribution in [0.5, 0.6) is 5.75 Å². The zero-order valence-corrected chi connectivity index (χ0v) is 28.9. The maximum atomic E-state index is 13.2. The van der Waals surface area contributed by atoms with Crippen molar-refractivity contribution in [2.24, 2.45) is 5.16 Å². The third kappa shape index (κ3) is 9.64. The van der Waals surface area contributed by atoms with Gasteiger partial charge in [-0.1, -0.05) is 11.2 Å². The van der Waals surface area contributed by atoms with E-state index in [-0.39, 0.29) is 42.9 Å². The van der Waals surface area contributed by atoms with Gasteiger partial charge in [0.15, 0.2) is 23.4 Å². The summed E-state index contributed by atoms with van der Waals surface area (Å²) in [6.45, 7) is 8.46. The average molecular weight is 715 g/mol. The number of thiazole rings is 1. The second-order valence-electron chi connectivity index (χ2n) is 12.7. The van der Waals surface area contributed by atoms with E-state index in [1.54, 1.807) is 26.2 Å². The highest BCUT2D eigenvalue weighted by Crippen LogP contribution is 2.26. The lowest BCUT2D eigenvalue weighted by Gasteiger charge is -2.38. The molecule has 4 amide bonds. The van der Waals surface area contributed by atoms with Gasteiger partial charge in [0.2, 0.25) is 5.91 Å². The Bertz CT molecular complexity index is 1630. The lowest BCUT2D eigenvalue weighted by atomic mass is 9.98. The number of β-lactam (4-membered cyclic amide) rings is 1. The van der Waals surface area contributed by atoms with Gasteiger partial charge in [-0.2, -0.15) is 0 Å². The lowest BCUT2D eigenvalue weighted by molar-refractivity contribution is -0.135. The monoisotopic (exact) mass is 714 g/mol. The van der Waals surface area contributed by atoms with Crippen molar-refractivity contribution in [2.75, 3.05) is 51.7 Å². The van der Waals surface area contributed by atoms with E-state index in [2.05, 4.69) is 31.4 Å². The molecule has 19 heteroatoms. The van der Waals surface area contributed by atoms with E-state index in [1.807, 2.05) is 23.1 Å². The summed E-state index contributed by atoms with van der Waals surface area (Å²) in [5.41, 5.74) is 7.36. The summed E-state index contributed by atoms with van der Waals surface area (Å²) >= 11 is 1.12. The molecule has 0 radical (unpaired) electrons. The van der Waals surface area contributed by atoms with Crippen molar-refractivity contribution in [2.45, 2.75) is 58.0 Å². The molecule has 7 N–H and O–H groups in total. The Hall–Kier alpha value is -5.33. The number of ether oxygens (including phenoxy) is 3. The van der Waals surface area contributed by atoms with Crippen LogP contribution in [0.25, 0.3) is 0 Å². The van der Waals surface area contributed by atoms with Crippen LogP contribution in [0, 0.1) is 5.41 Å². The zero-order valence-electron chi connectivity index (χ0n) is 28.1. The molecule has 18 nitrogen and oxygen atoms in total. The molecule has 0 bridgehead atoms. The van der Waals surface area contributed by atoms with Gasteiger partial charge >= 0.3 is 12.2 Å². The molecule has 50 heavy (non-hydrogen) atoms. The first-order valence-corrected chi connectivity index (χ1v) is 17.0. The van der Waals surface area contributed by atoms with E-state index >= 15 is 0 Å². The number of guanidine groups is 1. The van der Waals surface area contributed by atoms with Gasteiger partial charge in [0.1, 0.15) is 36.3 Å². The van der Waals surface area contributed by atoms with Crippen LogP contribution in [0.1, 0.15) is 44.0 Å². The van der Waals surface area contributed by atoms with E-state index in [9.17, 15) is 19.2 Å². The highest BCUT2D eigenvalue weighted by molar-refractivity contribution is 7.13. The number of nitrogens with two attached hydrogens (primary N) is 1. The summed E-state index contributed by atoms with van der Waals surface area (Å²) in [5.74, 6) is -0.179. The molecule has 3 aliphatic heterocycles. The highest BCUT2D eigenvalue weighted by Gasteiger charge is 2.43. The largest absolute Gasteiger partial charge is 0.490 e. The van der Waals surface area contributed by atoms with Gasteiger partial charge in [-0.15, -0.1) is 11.3 Å². The molecule has 0 spiro atoms. The van der Waals surface area contributed by atoms with Crippen LogP contribution in [0.2, 0.25) is 0 Å². The number of fused-ring (bicyclic) bond motifs is 1. The Morgan fingerprint density at radius 3 is 2.66 bits per heavy atom. The Morgan fingerprint density at radius 1 is 1.18 bits per heavy atom. The van der Waals surface area contributed by atoms with Crippen molar-refractivity contribution in [3.05, 3.63) is 40.4 Å². The van der Waals surface area contributed by atoms with Crippen molar-refractivity contribution in [1.29, 1.82) is 5.41 Å². The molecule has 5 rings (SSSR count). The minimum Gasteiger partial charge on any atom is -0.490 e. The molecular formula is C31H42N10O8S. The highest BCUT2D eigenvalue weighted by atomic mass is 32.1. The first-order chi connectivity index (χ1) is 23.9. The number of hydrogen-bond acceptors (Lipinski definition) is 13. The van der Waals surface area contributed by atoms with E-state index in [0.717, 1.165) is 22.5 Å². The number of carbonyl (C=O) groups excluding carboxylic acids is 4. The second-order valence-corrected chi connectivity index (χ2v) is 13.6. The van der Waals surface area contributed by atoms with Crippen LogP contribution >= 0.6 is 11.3 Å². The molecule has 2 atom stereocenters. The molecule has 2 saturated heterocycles. The predicted molar refractivity (Wildman–Crippen MR) is 182 cm³/mol. The minimum atomic E-state index is -0.885. The predicted octanol–water partition coefficient (Wildman–Crippen LogP) is 0.715. The molecule has 4 heterocycles. The van der Waals surface area contributed by atoms with Gasteiger partial charge in [0.25, 0.3) is 5.91 Å². The summed E-state index contributed by atoms with van der Waals surface area (Å²) in [5, 5.41) is 25.3. The second kappa shape index (κ2) is 15.9. The number of nitrogens with one attached hydrogen (secondary N) is 5. The van der Waals surface area contributed by atoms with Crippen LogP contribution in [0.4, 0.5) is 14.7 Å². The number of amides is 4. The third-order valence-electron chi connectivity index (χ3n) is 7.67. The van der Waals surface area contributed by atoms with Crippen LogP contribution < -0.4 is 31.7 Å². The Morgan fingerprint density at radius 2 is 1.96 bits per heavy atom. The Kier molecular flexibility index (Phi) is 11.5. The number of oxime groups is 1. The van der Waals surface area contributed by atoms with Gasteiger partial charge in [-0.05, 0) is 50.5 Å². The first kappa shape index (κ1) is 36.0. The Balaban J connectivity index is 1.06. The van der Waals surface area contributed by atoms with Crippen molar-refractivity contribution in [3.8, 4) is 5.75 Å². The first-order valence-electron chi connectivity index (χ1n) is 16.1. The van der Waals surface area contributed by atoms with Crippen LogP contribution in [-0.2, 0) is 37.0 Å². The Labute approximate surface area is 292 Å². The van der Waals surface area contributed by atoms with Gasteiger partial charge in [-0.3, -0.25) is 15.0 Å². The number of cyclic esters (lactones) is 1. The molecule has 2 aromatic rings. The normalized spacial score (nSPS) is 18.4. The number of hydrogen-bond donors (Lipinski definition) is 6. The molecule has 3 aliphatic rings. The summed E-state index contributed by atoms with van der Waals surface area (Å²) in [4.78, 5) is 62.0. The number of carbonyl (C=O) groups is 4. The zero-order chi connectivity index (χ0) is 35.8. The molecular weight excluding hydrogens is 672 g/mol. The fourth-order valence-corrected chi connectivity index (χ4v) is 5.78. The molecule has 2 fully saturated rings. The summed E-state index contributed by atoms with van der Waals surface area (Å²) in [6, 6.07) is 4.32. The fourth-order valence-electron chi connectivity index (χ4n) is 5.24.